The van der Waals surface area contributed by atoms with E-state index in [1.165, 1.54) is 0 Å². The molecule has 2 bridgehead atoms. The number of piperidine rings is 1. The summed E-state index contributed by atoms with van der Waals surface area (Å²) in [6.45, 7) is 0. The van der Waals surface area contributed by atoms with Gasteiger partial charge in [0.2, 0.25) is 0 Å². The van der Waals surface area contributed by atoms with Gasteiger partial charge in [-0.2, -0.15) is 0 Å². The molecule has 2 aliphatic rings. The van der Waals surface area contributed by atoms with Crippen molar-refractivity contribution < 1.29 is 14.6 Å². The molecule has 2 fully saturated rings. The van der Waals surface area contributed by atoms with Crippen LogP contribution in [-0.4, -0.2) is 47.3 Å². The minimum absolute atomic E-state index is 0.154. The monoisotopic (exact) mass is 261 g/mol. The molecule has 0 unspecified atom stereocenters. The molecule has 2 aliphatic heterocycles. The third-order valence-corrected chi connectivity index (χ3v) is 4.42. The predicted molar refractivity (Wildman–Crippen MR) is 70.8 cm³/mol. The van der Waals surface area contributed by atoms with Crippen LogP contribution in [0, 0.1) is 0 Å². The number of aliphatic hydroxyl groups excluding tert-OH is 1. The first-order valence-corrected chi connectivity index (χ1v) is 6.83. The molecule has 0 radical (unpaired) electrons. The van der Waals surface area contributed by atoms with Crippen LogP contribution in [0.4, 0.5) is 0 Å². The van der Waals surface area contributed by atoms with E-state index in [1.54, 1.807) is 12.1 Å². The van der Waals surface area contributed by atoms with Crippen molar-refractivity contribution in [2.24, 2.45) is 0 Å². The maximum Gasteiger partial charge on any atom is 0.338 e. The predicted octanol–water partition coefficient (Wildman–Crippen LogP) is 1.44. The molecule has 0 spiro atoms. The van der Waals surface area contributed by atoms with Crippen molar-refractivity contribution in [3.63, 3.8) is 0 Å². The van der Waals surface area contributed by atoms with Crippen LogP contribution in [0.5, 0.6) is 0 Å². The van der Waals surface area contributed by atoms with E-state index in [4.69, 9.17) is 4.74 Å². The molecule has 1 N–H and O–H groups in total. The van der Waals surface area contributed by atoms with E-state index in [-0.39, 0.29) is 12.0 Å². The van der Waals surface area contributed by atoms with Gasteiger partial charge in [-0.1, -0.05) is 18.2 Å². The number of likely N-dealkylation sites (N-methyl/N-ethyl adjacent to an activating group) is 1. The number of esters is 1. The summed E-state index contributed by atoms with van der Waals surface area (Å²) < 4.78 is 5.56. The van der Waals surface area contributed by atoms with Gasteiger partial charge in [0.25, 0.3) is 0 Å². The van der Waals surface area contributed by atoms with Gasteiger partial charge >= 0.3 is 5.97 Å². The van der Waals surface area contributed by atoms with Crippen LogP contribution >= 0.6 is 0 Å². The van der Waals surface area contributed by atoms with Gasteiger partial charge in [-0.15, -0.1) is 0 Å². The highest BCUT2D eigenvalue weighted by molar-refractivity contribution is 5.89. The molecule has 19 heavy (non-hydrogen) atoms. The largest absolute Gasteiger partial charge is 0.454 e. The quantitative estimate of drug-likeness (QED) is 0.818. The van der Waals surface area contributed by atoms with Gasteiger partial charge in [0.05, 0.1) is 11.7 Å². The van der Waals surface area contributed by atoms with E-state index in [9.17, 15) is 9.90 Å². The van der Waals surface area contributed by atoms with E-state index in [2.05, 4.69) is 11.9 Å². The fourth-order valence-corrected chi connectivity index (χ4v) is 3.31. The molecule has 1 aromatic carbocycles. The first-order valence-electron chi connectivity index (χ1n) is 6.83. The van der Waals surface area contributed by atoms with Gasteiger partial charge in [0.1, 0.15) is 6.10 Å². The highest BCUT2D eigenvalue weighted by Gasteiger charge is 2.47. The Kier molecular flexibility index (Phi) is 3.29. The van der Waals surface area contributed by atoms with Crippen molar-refractivity contribution in [2.75, 3.05) is 7.05 Å². The second-order valence-electron chi connectivity index (χ2n) is 5.50. The Hall–Kier alpha value is -1.39. The number of ether oxygens (including phenoxy) is 1. The average molecular weight is 261 g/mol. The van der Waals surface area contributed by atoms with Crippen LogP contribution in [0.15, 0.2) is 30.3 Å². The third-order valence-electron chi connectivity index (χ3n) is 4.42. The second kappa shape index (κ2) is 4.94. The van der Waals surface area contributed by atoms with Gasteiger partial charge < -0.3 is 9.84 Å². The van der Waals surface area contributed by atoms with Gasteiger partial charge in [0, 0.05) is 12.1 Å². The number of nitrogens with zero attached hydrogens (tertiary/aromatic N) is 1. The number of carbonyl (C=O) groups excluding carboxylic acids is 1. The molecule has 1 aromatic rings. The summed E-state index contributed by atoms with van der Waals surface area (Å²) in [5.41, 5.74) is 0.539. The lowest BCUT2D eigenvalue weighted by molar-refractivity contribution is -0.0799. The Morgan fingerprint density at radius 3 is 2.79 bits per heavy atom. The molecule has 4 atom stereocenters. The number of rotatable bonds is 2. The molecule has 2 saturated heterocycles. The molecule has 4 heteroatoms. The summed E-state index contributed by atoms with van der Waals surface area (Å²) in [7, 11) is 2.05. The van der Waals surface area contributed by atoms with Crippen LogP contribution < -0.4 is 0 Å². The summed E-state index contributed by atoms with van der Waals surface area (Å²) >= 11 is 0. The Balaban J connectivity index is 1.74. The fraction of sp³-hybridized carbons (Fsp3) is 0.533. The Morgan fingerprint density at radius 1 is 1.32 bits per heavy atom. The number of carbonyl (C=O) groups is 1. The number of hydrogen-bond donors (Lipinski definition) is 1. The topological polar surface area (TPSA) is 49.8 Å². The van der Waals surface area contributed by atoms with Crippen molar-refractivity contribution in [2.45, 2.75) is 43.6 Å². The Bertz CT molecular complexity index is 462. The van der Waals surface area contributed by atoms with E-state index in [0.717, 1.165) is 12.8 Å². The molecule has 0 amide bonds. The lowest BCUT2D eigenvalue weighted by atomic mass is 9.97. The third kappa shape index (κ3) is 2.26. The summed E-state index contributed by atoms with van der Waals surface area (Å²) in [5.74, 6) is -0.344. The zero-order valence-corrected chi connectivity index (χ0v) is 11.0. The van der Waals surface area contributed by atoms with Crippen LogP contribution in [-0.2, 0) is 4.74 Å². The minimum Gasteiger partial charge on any atom is -0.454 e. The summed E-state index contributed by atoms with van der Waals surface area (Å²) in [4.78, 5) is 14.3. The number of fused-ring (bicyclic) bond motifs is 2. The highest BCUT2D eigenvalue weighted by atomic mass is 16.6. The van der Waals surface area contributed by atoms with Gasteiger partial charge in [-0.3, -0.25) is 4.90 Å². The smallest absolute Gasteiger partial charge is 0.338 e. The van der Waals surface area contributed by atoms with Crippen LogP contribution in [0.3, 0.4) is 0 Å². The first kappa shape index (κ1) is 12.6. The SMILES string of the molecule is CN1[C@H]2CC[C@@H]1[C@H](OC(=O)c1ccccc1)[C@@H](O)C2. The van der Waals surface area contributed by atoms with E-state index >= 15 is 0 Å². The summed E-state index contributed by atoms with van der Waals surface area (Å²) in [6.07, 6.45) is 1.82. The molecule has 0 aromatic heterocycles. The highest BCUT2D eigenvalue weighted by Crippen LogP contribution is 2.36. The number of aliphatic hydroxyl groups is 1. The van der Waals surface area contributed by atoms with Gasteiger partial charge in [0.15, 0.2) is 0 Å². The summed E-state index contributed by atoms with van der Waals surface area (Å²) in [5, 5.41) is 10.2. The molecule has 2 heterocycles. The number of hydrogen-bond acceptors (Lipinski definition) is 4. The van der Waals surface area contributed by atoms with Crippen LogP contribution in [0.1, 0.15) is 29.6 Å². The van der Waals surface area contributed by atoms with Gasteiger partial charge in [-0.05, 0) is 38.4 Å². The average Bonchev–Trinajstić information content (AvgIpc) is 2.68. The molecule has 102 valence electrons. The van der Waals surface area contributed by atoms with E-state index < -0.39 is 12.2 Å². The summed E-state index contributed by atoms with van der Waals surface area (Å²) in [6, 6.07) is 9.55. The van der Waals surface area contributed by atoms with Crippen molar-refractivity contribution in [3.05, 3.63) is 35.9 Å². The standard InChI is InChI=1S/C15H19NO3/c1-16-11-7-8-12(16)14(13(17)9-11)19-15(18)10-5-3-2-4-6-10/h2-6,11-14,17H,7-9H2,1H3/t11-,12+,13-,14-/m0/s1. The van der Waals surface area contributed by atoms with Gasteiger partial charge in [-0.25, -0.2) is 4.79 Å². The molecule has 0 saturated carbocycles. The van der Waals surface area contributed by atoms with Crippen molar-refractivity contribution in [3.8, 4) is 0 Å². The lowest BCUT2D eigenvalue weighted by Crippen LogP contribution is -2.54. The van der Waals surface area contributed by atoms with Crippen LogP contribution in [0.25, 0.3) is 0 Å². The fourth-order valence-electron chi connectivity index (χ4n) is 3.31. The molecular weight excluding hydrogens is 242 g/mol. The van der Waals surface area contributed by atoms with Crippen molar-refractivity contribution in [1.82, 2.24) is 4.90 Å². The molecule has 3 rings (SSSR count). The lowest BCUT2D eigenvalue weighted by Gasteiger charge is -2.40. The zero-order chi connectivity index (χ0) is 13.4. The Labute approximate surface area is 113 Å². The van der Waals surface area contributed by atoms with E-state index in [1.807, 2.05) is 18.2 Å². The second-order valence-corrected chi connectivity index (χ2v) is 5.50. The van der Waals surface area contributed by atoms with Crippen molar-refractivity contribution >= 4 is 5.97 Å². The molecular formula is C15H19NO3. The number of benzene rings is 1. The maximum absolute atomic E-state index is 12.1. The minimum atomic E-state index is -0.540. The zero-order valence-electron chi connectivity index (χ0n) is 11.0. The first-order chi connectivity index (χ1) is 9.16. The van der Waals surface area contributed by atoms with Crippen molar-refractivity contribution in [1.29, 1.82) is 0 Å². The molecule has 0 aliphatic carbocycles. The Morgan fingerprint density at radius 2 is 2.05 bits per heavy atom. The molecule has 4 nitrogen and oxygen atoms in total. The van der Waals surface area contributed by atoms with E-state index in [0.29, 0.717) is 18.0 Å². The van der Waals surface area contributed by atoms with Crippen LogP contribution in [0.2, 0.25) is 0 Å². The maximum atomic E-state index is 12.1. The normalized spacial score (nSPS) is 34.2.